The lowest BCUT2D eigenvalue weighted by Gasteiger charge is -2.38. The molecule has 26 heavy (non-hydrogen) atoms. The maximum Gasteiger partial charge on any atom is 0.225 e. The molecule has 0 saturated heterocycles. The molecule has 2 aliphatic rings. The molecule has 0 aromatic heterocycles. The number of rotatable bonds is 5. The second-order valence-corrected chi connectivity index (χ2v) is 7.16. The van der Waals surface area contributed by atoms with Crippen LogP contribution in [0.4, 0.5) is 4.39 Å². The molecular weight excluding hydrogens is 333 g/mol. The number of halogens is 1. The zero-order chi connectivity index (χ0) is 18.1. The van der Waals surface area contributed by atoms with Gasteiger partial charge in [0.25, 0.3) is 0 Å². The quantitative estimate of drug-likeness (QED) is 0.867. The monoisotopic (exact) mass is 355 g/mol. The van der Waals surface area contributed by atoms with E-state index in [0.29, 0.717) is 25.0 Å². The summed E-state index contributed by atoms with van der Waals surface area (Å²) in [4.78, 5) is 12.5. The Morgan fingerprint density at radius 2 is 2.08 bits per heavy atom. The molecule has 4 rings (SSSR count). The molecule has 2 aromatic carbocycles. The number of amides is 1. The summed E-state index contributed by atoms with van der Waals surface area (Å²) in [6, 6.07) is 12.2. The van der Waals surface area contributed by atoms with Crippen molar-refractivity contribution >= 4 is 5.91 Å². The summed E-state index contributed by atoms with van der Waals surface area (Å²) in [5, 5.41) is 12.8. The van der Waals surface area contributed by atoms with Crippen molar-refractivity contribution < 1.29 is 19.0 Å². The van der Waals surface area contributed by atoms with Crippen LogP contribution in [0.1, 0.15) is 35.6 Å². The largest absolute Gasteiger partial charge is 0.493 e. The Morgan fingerprint density at radius 3 is 2.85 bits per heavy atom. The first-order chi connectivity index (χ1) is 12.6. The summed E-state index contributed by atoms with van der Waals surface area (Å²) >= 11 is 0. The average molecular weight is 355 g/mol. The maximum atomic E-state index is 13.8. The minimum absolute atomic E-state index is 0.00645. The van der Waals surface area contributed by atoms with E-state index in [1.165, 1.54) is 6.07 Å². The van der Waals surface area contributed by atoms with Gasteiger partial charge in [0, 0.05) is 6.42 Å². The highest BCUT2D eigenvalue weighted by atomic mass is 19.1. The van der Waals surface area contributed by atoms with Gasteiger partial charge in [0.2, 0.25) is 5.91 Å². The summed E-state index contributed by atoms with van der Waals surface area (Å²) in [6.45, 7) is 0.686. The van der Waals surface area contributed by atoms with Gasteiger partial charge in [-0.1, -0.05) is 24.3 Å². The van der Waals surface area contributed by atoms with E-state index in [4.69, 9.17) is 4.74 Å². The molecule has 4 nitrogen and oxygen atoms in total. The van der Waals surface area contributed by atoms with Gasteiger partial charge < -0.3 is 15.2 Å². The van der Waals surface area contributed by atoms with E-state index < -0.39 is 0 Å². The third-order valence-corrected chi connectivity index (χ3v) is 5.32. The number of fused-ring (bicyclic) bond motifs is 1. The zero-order valence-corrected chi connectivity index (χ0v) is 14.5. The van der Waals surface area contributed by atoms with Crippen molar-refractivity contribution in [1.82, 2.24) is 5.32 Å². The number of nitrogens with one attached hydrogen (secondary N) is 1. The Labute approximate surface area is 152 Å². The third-order valence-electron chi connectivity index (χ3n) is 5.32. The standard InChI is InChI=1S/C21H22FNO3/c22-18-4-2-1-3-13(18)12-20(25)23-21(16-10-17(24)11-16)15-5-6-19-14(9-15)7-8-26-19/h1-6,9,16-17,21,24H,7-8,10-12H2,(H,23,25)/t16?,17?,21-/m0/s1. The molecule has 1 fully saturated rings. The predicted molar refractivity (Wildman–Crippen MR) is 95.4 cm³/mol. The SMILES string of the molecule is O=C(Cc1ccccc1F)N[C@@H](c1ccc2c(c1)CCO2)C1CC(O)C1. The number of carbonyl (C=O) groups excluding carboxylic acids is 1. The van der Waals surface area contributed by atoms with Gasteiger partial charge in [-0.2, -0.15) is 0 Å². The first kappa shape index (κ1) is 17.0. The van der Waals surface area contributed by atoms with Crippen LogP contribution in [0.2, 0.25) is 0 Å². The molecule has 1 aliphatic carbocycles. The Bertz CT molecular complexity index is 817. The molecule has 1 atom stereocenters. The molecule has 0 unspecified atom stereocenters. The Balaban J connectivity index is 1.52. The molecule has 2 N–H and O–H groups in total. The fourth-order valence-corrected chi connectivity index (χ4v) is 3.81. The van der Waals surface area contributed by atoms with E-state index in [-0.39, 0.29) is 36.2 Å². The normalized spacial score (nSPS) is 22.1. The van der Waals surface area contributed by atoms with Gasteiger partial charge in [0.05, 0.1) is 25.2 Å². The Morgan fingerprint density at radius 1 is 1.27 bits per heavy atom. The highest BCUT2D eigenvalue weighted by Crippen LogP contribution is 2.39. The lowest BCUT2D eigenvalue weighted by molar-refractivity contribution is -0.122. The second-order valence-electron chi connectivity index (χ2n) is 7.16. The van der Waals surface area contributed by atoms with Crippen LogP contribution >= 0.6 is 0 Å². The topological polar surface area (TPSA) is 58.6 Å². The number of aliphatic hydroxyl groups is 1. The number of carbonyl (C=O) groups is 1. The molecule has 1 heterocycles. The van der Waals surface area contributed by atoms with E-state index in [0.717, 1.165) is 23.3 Å². The first-order valence-corrected chi connectivity index (χ1v) is 9.06. The first-order valence-electron chi connectivity index (χ1n) is 9.06. The van der Waals surface area contributed by atoms with Gasteiger partial charge in [-0.05, 0) is 53.6 Å². The molecule has 0 spiro atoms. The van der Waals surface area contributed by atoms with Gasteiger partial charge in [-0.25, -0.2) is 4.39 Å². The summed E-state index contributed by atoms with van der Waals surface area (Å²) in [6.07, 6.45) is 1.90. The summed E-state index contributed by atoms with van der Waals surface area (Å²) < 4.78 is 19.4. The molecule has 136 valence electrons. The summed E-state index contributed by atoms with van der Waals surface area (Å²) in [5.74, 6) is 0.514. The van der Waals surface area contributed by atoms with E-state index in [2.05, 4.69) is 11.4 Å². The number of hydrogen-bond donors (Lipinski definition) is 2. The molecule has 0 bridgehead atoms. The van der Waals surface area contributed by atoms with Crippen LogP contribution in [0.5, 0.6) is 5.75 Å². The van der Waals surface area contributed by atoms with E-state index >= 15 is 0 Å². The fraction of sp³-hybridized carbons (Fsp3) is 0.381. The zero-order valence-electron chi connectivity index (χ0n) is 14.5. The van der Waals surface area contributed by atoms with Gasteiger partial charge in [0.1, 0.15) is 11.6 Å². The minimum atomic E-state index is -0.368. The van der Waals surface area contributed by atoms with Crippen molar-refractivity contribution in [1.29, 1.82) is 0 Å². The molecule has 1 amide bonds. The molecule has 1 aliphatic heterocycles. The van der Waals surface area contributed by atoms with E-state index in [9.17, 15) is 14.3 Å². The number of benzene rings is 2. The van der Waals surface area contributed by atoms with Gasteiger partial charge >= 0.3 is 0 Å². The highest BCUT2D eigenvalue weighted by Gasteiger charge is 2.36. The Hall–Kier alpha value is -2.40. The van der Waals surface area contributed by atoms with Gasteiger partial charge in [0.15, 0.2) is 0 Å². The van der Waals surface area contributed by atoms with Crippen LogP contribution in [-0.4, -0.2) is 23.7 Å². The predicted octanol–water partition coefficient (Wildman–Crippen LogP) is 2.93. The smallest absolute Gasteiger partial charge is 0.225 e. The lowest BCUT2D eigenvalue weighted by Crippen LogP contribution is -2.42. The van der Waals surface area contributed by atoms with E-state index in [1.54, 1.807) is 18.2 Å². The van der Waals surface area contributed by atoms with Crippen LogP contribution in [0.3, 0.4) is 0 Å². The summed E-state index contributed by atoms with van der Waals surface area (Å²) in [7, 11) is 0. The van der Waals surface area contributed by atoms with Crippen molar-refractivity contribution in [3.05, 3.63) is 65.0 Å². The van der Waals surface area contributed by atoms with Crippen LogP contribution < -0.4 is 10.1 Å². The molecule has 2 aromatic rings. The average Bonchev–Trinajstić information content (AvgIpc) is 3.07. The van der Waals surface area contributed by atoms with E-state index in [1.807, 2.05) is 12.1 Å². The lowest BCUT2D eigenvalue weighted by atomic mass is 9.74. The van der Waals surface area contributed by atoms with Crippen molar-refractivity contribution in [2.45, 2.75) is 37.8 Å². The van der Waals surface area contributed by atoms with Crippen molar-refractivity contribution in [3.63, 3.8) is 0 Å². The van der Waals surface area contributed by atoms with Crippen LogP contribution in [0.15, 0.2) is 42.5 Å². The van der Waals surface area contributed by atoms with Crippen LogP contribution in [0.25, 0.3) is 0 Å². The minimum Gasteiger partial charge on any atom is -0.493 e. The molecule has 1 saturated carbocycles. The Kier molecular flexibility index (Phi) is 4.64. The molecular formula is C21H22FNO3. The number of hydrogen-bond acceptors (Lipinski definition) is 3. The molecule has 0 radical (unpaired) electrons. The number of ether oxygens (including phenoxy) is 1. The highest BCUT2D eigenvalue weighted by molar-refractivity contribution is 5.79. The fourth-order valence-electron chi connectivity index (χ4n) is 3.81. The number of aliphatic hydroxyl groups excluding tert-OH is 1. The van der Waals surface area contributed by atoms with Crippen molar-refractivity contribution in [2.75, 3.05) is 6.61 Å². The third kappa shape index (κ3) is 3.44. The van der Waals surface area contributed by atoms with Crippen molar-refractivity contribution in [3.8, 4) is 5.75 Å². The van der Waals surface area contributed by atoms with Crippen LogP contribution in [0, 0.1) is 11.7 Å². The second kappa shape index (κ2) is 7.08. The molecule has 5 heteroatoms. The van der Waals surface area contributed by atoms with Crippen molar-refractivity contribution in [2.24, 2.45) is 5.92 Å². The van der Waals surface area contributed by atoms with Gasteiger partial charge in [-0.15, -0.1) is 0 Å². The maximum absolute atomic E-state index is 13.8. The summed E-state index contributed by atoms with van der Waals surface area (Å²) in [5.41, 5.74) is 2.56. The van der Waals surface area contributed by atoms with Gasteiger partial charge in [-0.3, -0.25) is 4.79 Å². The van der Waals surface area contributed by atoms with Crippen LogP contribution in [-0.2, 0) is 17.6 Å².